The van der Waals surface area contributed by atoms with Crippen molar-refractivity contribution in [1.82, 2.24) is 4.90 Å². The first-order valence-corrected chi connectivity index (χ1v) is 6.46. The summed E-state index contributed by atoms with van der Waals surface area (Å²) in [5, 5.41) is 0. The minimum Gasteiger partial charge on any atom is -0.299 e. The normalized spacial score (nSPS) is 20.5. The topological polar surface area (TPSA) is 3.24 Å². The van der Waals surface area contributed by atoms with Gasteiger partial charge in [-0.3, -0.25) is 4.90 Å². The fourth-order valence-electron chi connectivity index (χ4n) is 2.06. The Morgan fingerprint density at radius 3 is 2.62 bits per heavy atom. The van der Waals surface area contributed by atoms with Gasteiger partial charge in [-0.05, 0) is 43.8 Å². The molecule has 0 atom stereocenters. The van der Waals surface area contributed by atoms with Crippen LogP contribution in [0.3, 0.4) is 0 Å². The van der Waals surface area contributed by atoms with E-state index in [0.717, 1.165) is 18.9 Å². The van der Waals surface area contributed by atoms with E-state index in [2.05, 4.69) is 43.6 Å². The van der Waals surface area contributed by atoms with Gasteiger partial charge in [0.2, 0.25) is 0 Å². The van der Waals surface area contributed by atoms with E-state index < -0.39 is 0 Å². The monoisotopic (exact) mass is 219 g/mol. The number of rotatable bonds is 5. The molecule has 0 amide bonds. The molecule has 0 saturated carbocycles. The van der Waals surface area contributed by atoms with E-state index in [-0.39, 0.29) is 0 Å². The summed E-state index contributed by atoms with van der Waals surface area (Å²) >= 11 is 0. The van der Waals surface area contributed by atoms with Crippen molar-refractivity contribution < 1.29 is 0 Å². The Morgan fingerprint density at radius 2 is 2.06 bits per heavy atom. The molecule has 1 saturated heterocycles. The van der Waals surface area contributed by atoms with Gasteiger partial charge in [-0.1, -0.05) is 44.7 Å². The van der Waals surface area contributed by atoms with E-state index in [1.807, 2.05) is 6.08 Å². The number of nitrogens with zero attached hydrogens (tertiary/aromatic N) is 1. The first-order valence-electron chi connectivity index (χ1n) is 6.46. The molecule has 16 heavy (non-hydrogen) atoms. The molecule has 1 rings (SSSR count). The van der Waals surface area contributed by atoms with Crippen LogP contribution in [0.15, 0.2) is 36.5 Å². The molecule has 1 fully saturated rings. The molecule has 0 N–H and O–H groups in total. The molecule has 1 nitrogen and oxygen atoms in total. The molecule has 0 radical (unpaired) electrons. The number of allylic oxidation sites excluding steroid dienone is 3. The van der Waals surface area contributed by atoms with Crippen LogP contribution in [0, 0.1) is 5.92 Å². The maximum absolute atomic E-state index is 3.78. The third-order valence-corrected chi connectivity index (χ3v) is 3.18. The average molecular weight is 219 g/mol. The molecule has 0 aliphatic carbocycles. The molecule has 0 aromatic rings. The third kappa shape index (κ3) is 4.80. The van der Waals surface area contributed by atoms with E-state index in [1.54, 1.807) is 0 Å². The minimum absolute atomic E-state index is 0.911. The lowest BCUT2D eigenvalue weighted by Gasteiger charge is -2.30. The Labute approximate surface area is 101 Å². The Kier molecular flexibility index (Phi) is 6.17. The Morgan fingerprint density at radius 1 is 1.38 bits per heavy atom. The summed E-state index contributed by atoms with van der Waals surface area (Å²) in [5.74, 6) is 0.911. The van der Waals surface area contributed by atoms with Crippen LogP contribution in [-0.2, 0) is 0 Å². The van der Waals surface area contributed by atoms with Gasteiger partial charge in [0.1, 0.15) is 0 Å². The van der Waals surface area contributed by atoms with E-state index in [1.165, 1.54) is 31.5 Å². The Bertz CT molecular complexity index is 255. The molecule has 0 unspecified atom stereocenters. The van der Waals surface area contributed by atoms with E-state index in [0.29, 0.717) is 0 Å². The zero-order valence-electron chi connectivity index (χ0n) is 10.8. The van der Waals surface area contributed by atoms with Crippen molar-refractivity contribution >= 4 is 0 Å². The van der Waals surface area contributed by atoms with Crippen LogP contribution in [0.5, 0.6) is 0 Å². The number of hydrogen-bond acceptors (Lipinski definition) is 1. The van der Waals surface area contributed by atoms with Crippen LogP contribution in [0.4, 0.5) is 0 Å². The summed E-state index contributed by atoms with van der Waals surface area (Å²) in [6.45, 7) is 11.9. The second-order valence-corrected chi connectivity index (χ2v) is 4.75. The molecule has 1 heterocycles. The maximum atomic E-state index is 3.78. The van der Waals surface area contributed by atoms with Crippen LogP contribution in [0.25, 0.3) is 0 Å². The highest BCUT2D eigenvalue weighted by molar-refractivity contribution is 5.24. The van der Waals surface area contributed by atoms with Crippen LogP contribution in [0.1, 0.15) is 33.1 Å². The zero-order chi connectivity index (χ0) is 11.8. The summed E-state index contributed by atoms with van der Waals surface area (Å²) in [7, 11) is 0. The Hall–Kier alpha value is -0.820. The predicted octanol–water partition coefficient (Wildman–Crippen LogP) is 3.80. The lowest BCUT2D eigenvalue weighted by atomic mass is 9.99. The highest BCUT2D eigenvalue weighted by Crippen LogP contribution is 2.17. The average Bonchev–Trinajstić information content (AvgIpc) is 2.29. The zero-order valence-corrected chi connectivity index (χ0v) is 10.8. The van der Waals surface area contributed by atoms with E-state index in [4.69, 9.17) is 0 Å². The molecule has 1 aliphatic rings. The minimum atomic E-state index is 0.911. The molecule has 0 aromatic heterocycles. The van der Waals surface area contributed by atoms with Gasteiger partial charge in [0.15, 0.2) is 0 Å². The van der Waals surface area contributed by atoms with Crippen molar-refractivity contribution in [2.45, 2.75) is 33.1 Å². The Balaban J connectivity index is 2.45. The van der Waals surface area contributed by atoms with Crippen molar-refractivity contribution in [2.75, 3.05) is 19.6 Å². The molecular formula is C15H25N. The molecule has 90 valence electrons. The molecule has 0 spiro atoms. The molecule has 1 aliphatic heterocycles. The molecule has 0 bridgehead atoms. The van der Waals surface area contributed by atoms with Crippen LogP contribution in [-0.4, -0.2) is 24.5 Å². The summed E-state index contributed by atoms with van der Waals surface area (Å²) < 4.78 is 0. The van der Waals surface area contributed by atoms with E-state index in [9.17, 15) is 0 Å². The fraction of sp³-hybridized carbons (Fsp3) is 0.600. The number of piperidine rings is 1. The van der Waals surface area contributed by atoms with Crippen molar-refractivity contribution in [3.05, 3.63) is 36.5 Å². The lowest BCUT2D eigenvalue weighted by molar-refractivity contribution is 0.207. The van der Waals surface area contributed by atoms with Crippen molar-refractivity contribution in [3.8, 4) is 0 Å². The van der Waals surface area contributed by atoms with Gasteiger partial charge in [-0.2, -0.15) is 0 Å². The lowest BCUT2D eigenvalue weighted by Crippen LogP contribution is -2.34. The first-order chi connectivity index (χ1) is 7.76. The smallest absolute Gasteiger partial charge is 0.0233 e. The fourth-order valence-corrected chi connectivity index (χ4v) is 2.06. The van der Waals surface area contributed by atoms with E-state index >= 15 is 0 Å². The standard InChI is InChI=1S/C15H25N/c1-4-6-8-15(7-5-2)13-16-11-9-14(3)10-12-16/h5-8,14H,2,4,9-13H2,1,3H3/b8-6-,15-7+. The van der Waals surface area contributed by atoms with Gasteiger partial charge in [-0.25, -0.2) is 0 Å². The highest BCUT2D eigenvalue weighted by Gasteiger charge is 2.15. The predicted molar refractivity (Wildman–Crippen MR) is 72.5 cm³/mol. The third-order valence-electron chi connectivity index (χ3n) is 3.18. The SMILES string of the molecule is C=C/C=C(\C=C/CC)CN1CCC(C)CC1. The van der Waals surface area contributed by atoms with Crippen molar-refractivity contribution in [1.29, 1.82) is 0 Å². The quantitative estimate of drug-likeness (QED) is 0.636. The van der Waals surface area contributed by atoms with Crippen molar-refractivity contribution in [3.63, 3.8) is 0 Å². The summed E-state index contributed by atoms with van der Waals surface area (Å²) in [6.07, 6.45) is 12.3. The van der Waals surface area contributed by atoms with Gasteiger partial charge < -0.3 is 0 Å². The molecule has 0 aromatic carbocycles. The molecular weight excluding hydrogens is 194 g/mol. The summed E-state index contributed by atoms with van der Waals surface area (Å²) in [6, 6.07) is 0. The first kappa shape index (κ1) is 13.2. The second kappa shape index (κ2) is 7.45. The van der Waals surface area contributed by atoms with Gasteiger partial charge >= 0.3 is 0 Å². The van der Waals surface area contributed by atoms with Gasteiger partial charge in [-0.15, -0.1) is 0 Å². The van der Waals surface area contributed by atoms with Crippen LogP contribution in [0.2, 0.25) is 0 Å². The van der Waals surface area contributed by atoms with Crippen LogP contribution >= 0.6 is 0 Å². The van der Waals surface area contributed by atoms with Gasteiger partial charge in [0.25, 0.3) is 0 Å². The van der Waals surface area contributed by atoms with Gasteiger partial charge in [0.05, 0.1) is 0 Å². The second-order valence-electron chi connectivity index (χ2n) is 4.75. The molecule has 1 heteroatoms. The number of hydrogen-bond donors (Lipinski definition) is 0. The van der Waals surface area contributed by atoms with Gasteiger partial charge in [0, 0.05) is 6.54 Å². The maximum Gasteiger partial charge on any atom is 0.0233 e. The highest BCUT2D eigenvalue weighted by atomic mass is 15.1. The van der Waals surface area contributed by atoms with Crippen LogP contribution < -0.4 is 0 Å². The number of likely N-dealkylation sites (tertiary alicyclic amines) is 1. The largest absolute Gasteiger partial charge is 0.299 e. The summed E-state index contributed by atoms with van der Waals surface area (Å²) in [4.78, 5) is 2.55. The summed E-state index contributed by atoms with van der Waals surface area (Å²) in [5.41, 5.74) is 1.38. The van der Waals surface area contributed by atoms with Crippen molar-refractivity contribution in [2.24, 2.45) is 5.92 Å².